The van der Waals surface area contributed by atoms with Crippen LogP contribution in [0, 0.1) is 5.92 Å². The summed E-state index contributed by atoms with van der Waals surface area (Å²) in [6.07, 6.45) is 10.7. The number of amides is 2. The van der Waals surface area contributed by atoms with E-state index in [4.69, 9.17) is 9.47 Å². The van der Waals surface area contributed by atoms with Gasteiger partial charge in [0.05, 0.1) is 14.2 Å². The Bertz CT molecular complexity index is 1230. The molecule has 2 aliphatic rings. The zero-order chi connectivity index (χ0) is 23.7. The van der Waals surface area contributed by atoms with Crippen LogP contribution in [-0.2, 0) is 0 Å². The monoisotopic (exact) mass is 460 g/mol. The second-order valence-electron chi connectivity index (χ2n) is 9.29. The zero-order valence-electron chi connectivity index (χ0n) is 20.1. The van der Waals surface area contributed by atoms with Crippen LogP contribution in [0.4, 0.5) is 4.79 Å². The maximum Gasteiger partial charge on any atom is 0.317 e. The summed E-state index contributed by atoms with van der Waals surface area (Å²) in [5, 5.41) is 4.29. The number of carbonyl (C=O) groups is 1. The number of aromatic nitrogens is 2. The maximum atomic E-state index is 12.8. The van der Waals surface area contributed by atoms with E-state index in [0.29, 0.717) is 30.6 Å². The summed E-state index contributed by atoms with van der Waals surface area (Å²) >= 11 is 0. The molecule has 1 saturated carbocycles. The van der Waals surface area contributed by atoms with E-state index in [-0.39, 0.29) is 11.9 Å². The number of hydrogen-bond donors (Lipinski definition) is 2. The standard InChI is InChI=1S/C27H32N4O3/c1-17-16-31(27(32)30-20-6-4-5-7-20)11-10-21(17)23-15-29-26-22(23)12-19(14-28-26)18-8-9-24(33-2)25(13-18)34-3/h8-10,12-15,17,20H,4-7,11,16H2,1-3H3,(H,28,29)(H,30,32). The summed E-state index contributed by atoms with van der Waals surface area (Å²) in [5.74, 6) is 1.62. The second-order valence-corrected chi connectivity index (χ2v) is 9.29. The van der Waals surface area contributed by atoms with Gasteiger partial charge in [-0.05, 0) is 48.1 Å². The van der Waals surface area contributed by atoms with Gasteiger partial charge in [0, 0.05) is 48.0 Å². The average Bonchev–Trinajstić information content (AvgIpc) is 3.53. The maximum absolute atomic E-state index is 12.8. The Kier molecular flexibility index (Phi) is 6.18. The number of benzene rings is 1. The van der Waals surface area contributed by atoms with Crippen molar-refractivity contribution < 1.29 is 14.3 Å². The molecule has 7 heteroatoms. The fourth-order valence-electron chi connectivity index (χ4n) is 5.21. The summed E-state index contributed by atoms with van der Waals surface area (Å²) in [7, 11) is 3.28. The third kappa shape index (κ3) is 4.22. The Morgan fingerprint density at radius 2 is 1.91 bits per heavy atom. The van der Waals surface area contributed by atoms with Gasteiger partial charge in [0.25, 0.3) is 0 Å². The molecule has 3 aromatic rings. The van der Waals surface area contributed by atoms with E-state index < -0.39 is 0 Å². The molecule has 3 heterocycles. The number of aromatic amines is 1. The molecule has 1 aliphatic heterocycles. The third-order valence-electron chi connectivity index (χ3n) is 7.09. The Morgan fingerprint density at radius 1 is 1.12 bits per heavy atom. The summed E-state index contributed by atoms with van der Waals surface area (Å²) in [4.78, 5) is 22.7. The fraction of sp³-hybridized carbons (Fsp3) is 0.407. The minimum absolute atomic E-state index is 0.0605. The average molecular weight is 461 g/mol. The van der Waals surface area contributed by atoms with E-state index in [2.05, 4.69) is 34.4 Å². The molecule has 0 radical (unpaired) electrons. The summed E-state index contributed by atoms with van der Waals surface area (Å²) in [6, 6.07) is 8.46. The molecule has 178 valence electrons. The lowest BCUT2D eigenvalue weighted by molar-refractivity contribution is 0.193. The second kappa shape index (κ2) is 9.41. The number of nitrogens with zero attached hydrogens (tertiary/aromatic N) is 2. The van der Waals surface area contributed by atoms with Crippen molar-refractivity contribution in [3.05, 3.63) is 48.3 Å². The van der Waals surface area contributed by atoms with Gasteiger partial charge in [-0.1, -0.05) is 31.9 Å². The first-order valence-electron chi connectivity index (χ1n) is 12.0. The van der Waals surface area contributed by atoms with Crippen LogP contribution in [0.25, 0.3) is 27.7 Å². The van der Waals surface area contributed by atoms with Gasteiger partial charge >= 0.3 is 6.03 Å². The van der Waals surface area contributed by atoms with Gasteiger partial charge in [-0.3, -0.25) is 0 Å². The number of pyridine rings is 1. The quantitative estimate of drug-likeness (QED) is 0.546. The van der Waals surface area contributed by atoms with Gasteiger partial charge in [0.1, 0.15) is 5.65 Å². The Balaban J connectivity index is 1.41. The molecule has 1 unspecified atom stereocenters. The van der Waals surface area contributed by atoms with Gasteiger partial charge in [-0.2, -0.15) is 0 Å². The molecule has 0 saturated heterocycles. The molecule has 1 atom stereocenters. The molecule has 7 nitrogen and oxygen atoms in total. The predicted molar refractivity (Wildman–Crippen MR) is 134 cm³/mol. The third-order valence-corrected chi connectivity index (χ3v) is 7.09. The van der Waals surface area contributed by atoms with Crippen LogP contribution in [0.5, 0.6) is 11.5 Å². The number of urea groups is 1. The van der Waals surface area contributed by atoms with Crippen molar-refractivity contribution in [1.29, 1.82) is 0 Å². The first-order chi connectivity index (χ1) is 16.6. The number of rotatable bonds is 5. The number of fused-ring (bicyclic) bond motifs is 1. The number of hydrogen-bond acceptors (Lipinski definition) is 4. The van der Waals surface area contributed by atoms with Crippen molar-refractivity contribution in [2.24, 2.45) is 5.92 Å². The highest BCUT2D eigenvalue weighted by atomic mass is 16.5. The molecule has 0 bridgehead atoms. The molecule has 2 amide bonds. The number of ether oxygens (including phenoxy) is 2. The fourth-order valence-corrected chi connectivity index (χ4v) is 5.21. The Hall–Kier alpha value is -3.48. The summed E-state index contributed by atoms with van der Waals surface area (Å²) in [6.45, 7) is 3.51. The molecule has 2 aromatic heterocycles. The number of methoxy groups -OCH3 is 2. The van der Waals surface area contributed by atoms with Crippen molar-refractivity contribution in [3.63, 3.8) is 0 Å². The van der Waals surface area contributed by atoms with Crippen LogP contribution in [0.1, 0.15) is 38.2 Å². The van der Waals surface area contributed by atoms with Gasteiger partial charge in [-0.15, -0.1) is 0 Å². The molecule has 1 aromatic carbocycles. The van der Waals surface area contributed by atoms with Crippen LogP contribution in [0.3, 0.4) is 0 Å². The minimum Gasteiger partial charge on any atom is -0.493 e. The topological polar surface area (TPSA) is 79.5 Å². The lowest BCUT2D eigenvalue weighted by Crippen LogP contribution is -2.47. The van der Waals surface area contributed by atoms with Crippen molar-refractivity contribution in [2.45, 2.75) is 38.6 Å². The highest BCUT2D eigenvalue weighted by Gasteiger charge is 2.27. The first-order valence-corrected chi connectivity index (χ1v) is 12.0. The molecule has 5 rings (SSSR count). The SMILES string of the molecule is COc1ccc(-c2cnc3[nH]cc(C4=CCN(C(=O)NC5CCCC5)CC4C)c3c2)cc1OC. The van der Waals surface area contributed by atoms with E-state index in [0.717, 1.165) is 40.6 Å². The van der Waals surface area contributed by atoms with Crippen molar-refractivity contribution in [1.82, 2.24) is 20.2 Å². The first kappa shape index (κ1) is 22.3. The number of H-pyrrole nitrogens is 1. The van der Waals surface area contributed by atoms with Crippen LogP contribution in [0.15, 0.2) is 42.7 Å². The Labute approximate surface area is 200 Å². The molecule has 1 aliphatic carbocycles. The zero-order valence-corrected chi connectivity index (χ0v) is 20.1. The molecular formula is C27H32N4O3. The van der Waals surface area contributed by atoms with E-state index in [1.165, 1.54) is 18.4 Å². The normalized spacial score (nSPS) is 18.7. The lowest BCUT2D eigenvalue weighted by Gasteiger charge is -2.32. The Morgan fingerprint density at radius 3 is 2.65 bits per heavy atom. The van der Waals surface area contributed by atoms with Gasteiger partial charge in [0.15, 0.2) is 11.5 Å². The van der Waals surface area contributed by atoms with Crippen molar-refractivity contribution >= 4 is 22.6 Å². The minimum atomic E-state index is 0.0605. The van der Waals surface area contributed by atoms with E-state index in [1.807, 2.05) is 35.5 Å². The van der Waals surface area contributed by atoms with E-state index in [1.54, 1.807) is 14.2 Å². The number of nitrogens with one attached hydrogen (secondary N) is 2. The number of carbonyl (C=O) groups excluding carboxylic acids is 1. The summed E-state index contributed by atoms with van der Waals surface area (Å²) in [5.41, 5.74) is 5.28. The van der Waals surface area contributed by atoms with Gasteiger partial charge in [-0.25, -0.2) is 9.78 Å². The van der Waals surface area contributed by atoms with Crippen LogP contribution in [-0.4, -0.2) is 54.2 Å². The molecular weight excluding hydrogens is 428 g/mol. The van der Waals surface area contributed by atoms with Crippen molar-refractivity contribution in [2.75, 3.05) is 27.3 Å². The highest BCUT2D eigenvalue weighted by Crippen LogP contribution is 2.36. The highest BCUT2D eigenvalue weighted by molar-refractivity contribution is 5.94. The van der Waals surface area contributed by atoms with Crippen LogP contribution >= 0.6 is 0 Å². The van der Waals surface area contributed by atoms with Crippen LogP contribution < -0.4 is 14.8 Å². The molecule has 1 fully saturated rings. The van der Waals surface area contributed by atoms with E-state index in [9.17, 15) is 4.79 Å². The predicted octanol–water partition coefficient (Wildman–Crippen LogP) is 5.23. The van der Waals surface area contributed by atoms with Gasteiger partial charge < -0.3 is 24.7 Å². The molecule has 2 N–H and O–H groups in total. The molecule has 0 spiro atoms. The smallest absolute Gasteiger partial charge is 0.317 e. The van der Waals surface area contributed by atoms with E-state index >= 15 is 0 Å². The van der Waals surface area contributed by atoms with Crippen LogP contribution in [0.2, 0.25) is 0 Å². The van der Waals surface area contributed by atoms with Crippen molar-refractivity contribution in [3.8, 4) is 22.6 Å². The largest absolute Gasteiger partial charge is 0.493 e. The molecule has 34 heavy (non-hydrogen) atoms. The summed E-state index contributed by atoms with van der Waals surface area (Å²) < 4.78 is 10.8. The lowest BCUT2D eigenvalue weighted by atomic mass is 9.90. The van der Waals surface area contributed by atoms with Gasteiger partial charge in [0.2, 0.25) is 0 Å².